The largest absolute Gasteiger partial charge is 0.381 e. The van der Waals surface area contributed by atoms with E-state index in [0.717, 1.165) is 48.2 Å². The molecule has 1 unspecified atom stereocenters. The maximum Gasteiger partial charge on any atom is 0.271 e. The third-order valence-electron chi connectivity index (χ3n) is 4.72. The molecule has 1 atom stereocenters. The number of nitro groups is 1. The molecule has 1 saturated heterocycles. The second-order valence-electron chi connectivity index (χ2n) is 6.49. The molecule has 2 heterocycles. The number of hydrogen-bond acceptors (Lipinski definition) is 5. The van der Waals surface area contributed by atoms with E-state index in [0.29, 0.717) is 5.02 Å². The van der Waals surface area contributed by atoms with Gasteiger partial charge in [0.1, 0.15) is 0 Å². The van der Waals surface area contributed by atoms with Crippen molar-refractivity contribution >= 4 is 39.6 Å². The monoisotopic (exact) mass is 371 g/mol. The SMILES string of the molecule is O=[N+]([O-])c1ccc(N2CCCC(Nc3ccc4[nH]ncc4c3)C2)c(Cl)c1. The van der Waals surface area contributed by atoms with Crippen LogP contribution in [0.1, 0.15) is 12.8 Å². The van der Waals surface area contributed by atoms with E-state index in [4.69, 9.17) is 11.6 Å². The molecule has 4 rings (SSSR count). The van der Waals surface area contributed by atoms with Crippen molar-refractivity contribution in [1.82, 2.24) is 10.2 Å². The maximum atomic E-state index is 10.9. The molecule has 0 saturated carbocycles. The minimum atomic E-state index is -0.428. The summed E-state index contributed by atoms with van der Waals surface area (Å²) in [5.74, 6) is 0. The van der Waals surface area contributed by atoms with Crippen LogP contribution in [-0.4, -0.2) is 34.3 Å². The van der Waals surface area contributed by atoms with Gasteiger partial charge in [-0.2, -0.15) is 5.10 Å². The molecule has 26 heavy (non-hydrogen) atoms. The molecule has 0 radical (unpaired) electrons. The topological polar surface area (TPSA) is 87.1 Å². The van der Waals surface area contributed by atoms with Gasteiger partial charge in [0.25, 0.3) is 5.69 Å². The van der Waals surface area contributed by atoms with Gasteiger partial charge in [-0.15, -0.1) is 0 Å². The summed E-state index contributed by atoms with van der Waals surface area (Å²) < 4.78 is 0. The number of halogens is 1. The smallest absolute Gasteiger partial charge is 0.271 e. The van der Waals surface area contributed by atoms with Gasteiger partial charge in [0, 0.05) is 42.3 Å². The van der Waals surface area contributed by atoms with E-state index in [9.17, 15) is 10.1 Å². The highest BCUT2D eigenvalue weighted by Crippen LogP contribution is 2.32. The summed E-state index contributed by atoms with van der Waals surface area (Å²) in [6.45, 7) is 1.68. The standard InChI is InChI=1S/C18H18ClN5O2/c19-16-9-15(24(25)26)4-6-18(16)23-7-1-2-14(11-23)21-13-3-5-17-12(8-13)10-20-22-17/h3-6,8-10,14,21H,1-2,7,11H2,(H,20,22). The lowest BCUT2D eigenvalue weighted by Gasteiger charge is -2.35. The first-order chi connectivity index (χ1) is 12.6. The van der Waals surface area contributed by atoms with Crippen molar-refractivity contribution in [3.05, 3.63) is 57.7 Å². The van der Waals surface area contributed by atoms with Crippen LogP contribution in [-0.2, 0) is 0 Å². The highest BCUT2D eigenvalue weighted by Gasteiger charge is 2.22. The Hall–Kier alpha value is -2.80. The van der Waals surface area contributed by atoms with Gasteiger partial charge in [0.05, 0.1) is 27.3 Å². The molecule has 3 aromatic rings. The van der Waals surface area contributed by atoms with Crippen LogP contribution in [0.25, 0.3) is 10.9 Å². The second kappa shape index (κ2) is 6.84. The first-order valence-electron chi connectivity index (χ1n) is 8.49. The minimum absolute atomic E-state index is 0.0128. The Morgan fingerprint density at radius 1 is 1.31 bits per heavy atom. The molecule has 2 N–H and O–H groups in total. The van der Waals surface area contributed by atoms with Crippen LogP contribution in [0.5, 0.6) is 0 Å². The quantitative estimate of drug-likeness (QED) is 0.530. The van der Waals surface area contributed by atoms with Crippen molar-refractivity contribution in [1.29, 1.82) is 0 Å². The Morgan fingerprint density at radius 2 is 2.19 bits per heavy atom. The fourth-order valence-electron chi connectivity index (χ4n) is 3.45. The molecular formula is C18H18ClN5O2. The summed E-state index contributed by atoms with van der Waals surface area (Å²) in [5.41, 5.74) is 2.92. The molecular weight excluding hydrogens is 354 g/mol. The van der Waals surface area contributed by atoms with Gasteiger partial charge in [-0.05, 0) is 37.1 Å². The first kappa shape index (κ1) is 16.7. The number of fused-ring (bicyclic) bond motifs is 1. The van der Waals surface area contributed by atoms with Crippen LogP contribution < -0.4 is 10.2 Å². The maximum absolute atomic E-state index is 10.9. The van der Waals surface area contributed by atoms with Gasteiger partial charge < -0.3 is 10.2 Å². The Labute approximate surface area is 155 Å². The highest BCUT2D eigenvalue weighted by atomic mass is 35.5. The number of aromatic nitrogens is 2. The van der Waals surface area contributed by atoms with Crippen LogP contribution in [0.15, 0.2) is 42.6 Å². The zero-order valence-electron chi connectivity index (χ0n) is 14.0. The second-order valence-corrected chi connectivity index (χ2v) is 6.90. The molecule has 0 amide bonds. The van der Waals surface area contributed by atoms with Crippen molar-refractivity contribution in [2.45, 2.75) is 18.9 Å². The summed E-state index contributed by atoms with van der Waals surface area (Å²) in [4.78, 5) is 12.6. The molecule has 1 aromatic heterocycles. The van der Waals surface area contributed by atoms with Crippen molar-refractivity contribution in [2.24, 2.45) is 0 Å². The van der Waals surface area contributed by atoms with Gasteiger partial charge in [0.15, 0.2) is 0 Å². The van der Waals surface area contributed by atoms with E-state index in [-0.39, 0.29) is 11.7 Å². The summed E-state index contributed by atoms with van der Waals surface area (Å²) in [6.07, 6.45) is 3.90. The molecule has 0 aliphatic carbocycles. The molecule has 8 heteroatoms. The average molecular weight is 372 g/mol. The van der Waals surface area contributed by atoms with Crippen molar-refractivity contribution in [3.63, 3.8) is 0 Å². The first-order valence-corrected chi connectivity index (χ1v) is 8.86. The number of benzene rings is 2. The van der Waals surface area contributed by atoms with E-state index < -0.39 is 4.92 Å². The van der Waals surface area contributed by atoms with Crippen molar-refractivity contribution in [3.8, 4) is 0 Å². The van der Waals surface area contributed by atoms with Gasteiger partial charge in [-0.25, -0.2) is 0 Å². The van der Waals surface area contributed by atoms with Crippen LogP contribution in [0, 0.1) is 10.1 Å². The lowest BCUT2D eigenvalue weighted by molar-refractivity contribution is -0.384. The van der Waals surface area contributed by atoms with E-state index in [1.54, 1.807) is 6.07 Å². The number of hydrogen-bond donors (Lipinski definition) is 2. The zero-order valence-corrected chi connectivity index (χ0v) is 14.7. The van der Waals surface area contributed by atoms with E-state index in [1.807, 2.05) is 18.3 Å². The van der Waals surface area contributed by atoms with E-state index >= 15 is 0 Å². The third-order valence-corrected chi connectivity index (χ3v) is 5.02. The number of anilines is 2. The number of nitrogens with one attached hydrogen (secondary N) is 2. The lowest BCUT2D eigenvalue weighted by Crippen LogP contribution is -2.42. The van der Waals surface area contributed by atoms with Crippen LogP contribution in [0.4, 0.5) is 17.1 Å². The van der Waals surface area contributed by atoms with Crippen LogP contribution >= 0.6 is 11.6 Å². The summed E-state index contributed by atoms with van der Waals surface area (Å²) in [5, 5.41) is 22.9. The zero-order chi connectivity index (χ0) is 18.1. The number of aromatic amines is 1. The van der Waals surface area contributed by atoms with Gasteiger partial charge >= 0.3 is 0 Å². The normalized spacial score (nSPS) is 17.4. The van der Waals surface area contributed by atoms with Gasteiger partial charge in [0.2, 0.25) is 0 Å². The fourth-order valence-corrected chi connectivity index (χ4v) is 3.74. The molecule has 1 aliphatic heterocycles. The number of H-pyrrole nitrogens is 1. The number of nitrogens with zero attached hydrogens (tertiary/aromatic N) is 3. The number of non-ortho nitro benzene ring substituents is 1. The van der Waals surface area contributed by atoms with Crippen LogP contribution in [0.2, 0.25) is 5.02 Å². The molecule has 134 valence electrons. The van der Waals surface area contributed by atoms with Crippen molar-refractivity contribution < 1.29 is 4.92 Å². The van der Waals surface area contributed by atoms with E-state index in [2.05, 4.69) is 26.5 Å². The number of piperidine rings is 1. The summed E-state index contributed by atoms with van der Waals surface area (Å²) in [7, 11) is 0. The predicted octanol–water partition coefficient (Wildman–Crippen LogP) is 4.21. The van der Waals surface area contributed by atoms with Gasteiger partial charge in [-0.1, -0.05) is 11.6 Å². The molecule has 0 spiro atoms. The van der Waals surface area contributed by atoms with Gasteiger partial charge in [-0.3, -0.25) is 15.2 Å². The lowest BCUT2D eigenvalue weighted by atomic mass is 10.0. The summed E-state index contributed by atoms with van der Waals surface area (Å²) >= 11 is 6.29. The Morgan fingerprint density at radius 3 is 3.00 bits per heavy atom. The van der Waals surface area contributed by atoms with Crippen LogP contribution in [0.3, 0.4) is 0 Å². The fraction of sp³-hybridized carbons (Fsp3) is 0.278. The minimum Gasteiger partial charge on any atom is -0.381 e. The number of rotatable bonds is 4. The molecule has 0 bridgehead atoms. The number of nitro benzene ring substituents is 1. The Kier molecular flexibility index (Phi) is 4.38. The third kappa shape index (κ3) is 3.30. The van der Waals surface area contributed by atoms with Crippen molar-refractivity contribution in [2.75, 3.05) is 23.3 Å². The predicted molar refractivity (Wildman–Crippen MR) is 103 cm³/mol. The molecule has 1 aliphatic rings. The Bertz CT molecular complexity index is 958. The molecule has 2 aromatic carbocycles. The molecule has 7 nitrogen and oxygen atoms in total. The average Bonchev–Trinajstić information content (AvgIpc) is 3.09. The molecule has 1 fully saturated rings. The highest BCUT2D eigenvalue weighted by molar-refractivity contribution is 6.33. The summed E-state index contributed by atoms with van der Waals surface area (Å²) in [6, 6.07) is 11.1. The Balaban J connectivity index is 1.49. The van der Waals surface area contributed by atoms with E-state index in [1.165, 1.54) is 12.1 Å².